The van der Waals surface area contributed by atoms with Crippen LogP contribution in [0.25, 0.3) is 0 Å². The monoisotopic (exact) mass is 344 g/mol. The van der Waals surface area contributed by atoms with Crippen molar-refractivity contribution in [1.82, 2.24) is 14.9 Å². The van der Waals surface area contributed by atoms with Crippen molar-refractivity contribution in [1.29, 1.82) is 0 Å². The maximum atomic E-state index is 9.46. The zero-order valence-electron chi connectivity index (χ0n) is 15.2. The Balaban J connectivity index is 1.18. The van der Waals surface area contributed by atoms with Gasteiger partial charge in [0.1, 0.15) is 12.1 Å². The standard InChI is InChI=1S/C20H32N4O/c25-18-11-16(12-18)19-13-20(23-14-22-19)21-8-5-15-6-9-24(10-7-15)17-3-1-2-4-17/h13-18,25H,1-12H2,(H,21,22,23). The van der Waals surface area contributed by atoms with Crippen molar-refractivity contribution in [3.8, 4) is 0 Å². The fourth-order valence-corrected chi connectivity index (χ4v) is 4.80. The first-order valence-electron chi connectivity index (χ1n) is 10.3. The van der Waals surface area contributed by atoms with Crippen molar-refractivity contribution in [2.75, 3.05) is 25.0 Å². The minimum Gasteiger partial charge on any atom is -0.393 e. The molecule has 2 heterocycles. The fraction of sp³-hybridized carbons (Fsp3) is 0.800. The van der Waals surface area contributed by atoms with Gasteiger partial charge in [-0.05, 0) is 64.0 Å². The van der Waals surface area contributed by atoms with Gasteiger partial charge in [0.15, 0.2) is 0 Å². The van der Waals surface area contributed by atoms with Crippen molar-refractivity contribution in [2.45, 2.75) is 75.9 Å². The molecule has 0 atom stereocenters. The highest BCUT2D eigenvalue weighted by Gasteiger charge is 2.30. The second-order valence-corrected chi connectivity index (χ2v) is 8.28. The van der Waals surface area contributed by atoms with Crippen molar-refractivity contribution in [3.05, 3.63) is 18.1 Å². The van der Waals surface area contributed by atoms with Gasteiger partial charge in [0.25, 0.3) is 0 Å². The molecule has 0 unspecified atom stereocenters. The smallest absolute Gasteiger partial charge is 0.129 e. The van der Waals surface area contributed by atoms with Crippen LogP contribution in [0.4, 0.5) is 5.82 Å². The summed E-state index contributed by atoms with van der Waals surface area (Å²) >= 11 is 0. The number of anilines is 1. The maximum Gasteiger partial charge on any atom is 0.129 e. The lowest BCUT2D eigenvalue weighted by Gasteiger charge is -2.36. The summed E-state index contributed by atoms with van der Waals surface area (Å²) in [7, 11) is 0. The molecule has 5 nitrogen and oxygen atoms in total. The lowest BCUT2D eigenvalue weighted by atomic mass is 9.80. The van der Waals surface area contributed by atoms with Gasteiger partial charge in [0.05, 0.1) is 6.10 Å². The minimum absolute atomic E-state index is 0.133. The van der Waals surface area contributed by atoms with E-state index in [1.165, 1.54) is 58.0 Å². The molecular formula is C20H32N4O. The molecule has 0 amide bonds. The number of aliphatic hydroxyl groups is 1. The van der Waals surface area contributed by atoms with Gasteiger partial charge in [-0.1, -0.05) is 12.8 Å². The number of likely N-dealkylation sites (tertiary alicyclic amines) is 1. The van der Waals surface area contributed by atoms with Crippen LogP contribution in [-0.2, 0) is 0 Å². The molecule has 1 aromatic heterocycles. The van der Waals surface area contributed by atoms with Crippen LogP contribution >= 0.6 is 0 Å². The number of hydrogen-bond donors (Lipinski definition) is 2. The van der Waals surface area contributed by atoms with E-state index in [2.05, 4.69) is 26.3 Å². The molecule has 5 heteroatoms. The molecule has 2 N–H and O–H groups in total. The molecule has 0 bridgehead atoms. The fourth-order valence-electron chi connectivity index (χ4n) is 4.80. The van der Waals surface area contributed by atoms with Gasteiger partial charge in [-0.25, -0.2) is 9.97 Å². The van der Waals surface area contributed by atoms with Gasteiger partial charge in [-0.2, -0.15) is 0 Å². The Kier molecular flexibility index (Phi) is 5.51. The van der Waals surface area contributed by atoms with E-state index in [0.29, 0.717) is 5.92 Å². The summed E-state index contributed by atoms with van der Waals surface area (Å²) in [6, 6.07) is 2.96. The molecule has 25 heavy (non-hydrogen) atoms. The topological polar surface area (TPSA) is 61.3 Å². The van der Waals surface area contributed by atoms with Crippen LogP contribution in [0.2, 0.25) is 0 Å². The van der Waals surface area contributed by atoms with E-state index < -0.39 is 0 Å². The molecule has 0 radical (unpaired) electrons. The molecule has 1 saturated heterocycles. The number of rotatable bonds is 6. The summed E-state index contributed by atoms with van der Waals surface area (Å²) in [5.74, 6) is 2.21. The highest BCUT2D eigenvalue weighted by molar-refractivity contribution is 5.36. The number of nitrogens with zero attached hydrogens (tertiary/aromatic N) is 3. The Morgan fingerprint density at radius 1 is 1.08 bits per heavy atom. The average molecular weight is 345 g/mol. The average Bonchev–Trinajstić information content (AvgIpc) is 3.15. The molecule has 1 aliphatic heterocycles. The Bertz CT molecular complexity index is 546. The van der Waals surface area contributed by atoms with Crippen LogP contribution in [0.15, 0.2) is 12.4 Å². The number of hydrogen-bond acceptors (Lipinski definition) is 5. The second kappa shape index (κ2) is 8.00. The predicted octanol–water partition coefficient (Wildman–Crippen LogP) is 3.17. The van der Waals surface area contributed by atoms with Crippen LogP contribution in [0, 0.1) is 5.92 Å². The molecule has 2 saturated carbocycles. The lowest BCUT2D eigenvalue weighted by molar-refractivity contribution is 0.0732. The zero-order valence-corrected chi connectivity index (χ0v) is 15.2. The van der Waals surface area contributed by atoms with Crippen LogP contribution in [0.1, 0.15) is 69.4 Å². The van der Waals surface area contributed by atoms with Gasteiger partial charge in [-0.15, -0.1) is 0 Å². The van der Waals surface area contributed by atoms with Gasteiger partial charge in [0, 0.05) is 30.3 Å². The van der Waals surface area contributed by atoms with Gasteiger partial charge in [0.2, 0.25) is 0 Å². The van der Waals surface area contributed by atoms with E-state index in [1.54, 1.807) is 6.33 Å². The van der Waals surface area contributed by atoms with E-state index in [0.717, 1.165) is 42.9 Å². The molecule has 4 rings (SSSR count). The summed E-state index contributed by atoms with van der Waals surface area (Å²) in [5, 5.41) is 12.9. The van der Waals surface area contributed by atoms with E-state index in [-0.39, 0.29) is 6.10 Å². The Morgan fingerprint density at radius 2 is 1.84 bits per heavy atom. The predicted molar refractivity (Wildman–Crippen MR) is 99.7 cm³/mol. The number of nitrogens with one attached hydrogen (secondary N) is 1. The Morgan fingerprint density at radius 3 is 2.56 bits per heavy atom. The molecule has 3 aliphatic rings. The summed E-state index contributed by atoms with van der Waals surface area (Å²) in [6.07, 6.45) is 12.9. The molecule has 3 fully saturated rings. The third kappa shape index (κ3) is 4.32. The number of aliphatic hydroxyl groups excluding tert-OH is 1. The van der Waals surface area contributed by atoms with Gasteiger partial charge < -0.3 is 15.3 Å². The highest BCUT2D eigenvalue weighted by Crippen LogP contribution is 2.36. The van der Waals surface area contributed by atoms with Crippen molar-refractivity contribution < 1.29 is 5.11 Å². The van der Waals surface area contributed by atoms with Crippen LogP contribution < -0.4 is 5.32 Å². The number of piperidine rings is 1. The quantitative estimate of drug-likeness (QED) is 0.830. The molecule has 2 aliphatic carbocycles. The summed E-state index contributed by atoms with van der Waals surface area (Å²) in [6.45, 7) is 3.60. The third-order valence-electron chi connectivity index (χ3n) is 6.57. The summed E-state index contributed by atoms with van der Waals surface area (Å²) < 4.78 is 0. The number of aromatic nitrogens is 2. The third-order valence-corrected chi connectivity index (χ3v) is 6.57. The normalized spacial score (nSPS) is 28.8. The zero-order chi connectivity index (χ0) is 17.1. The van der Waals surface area contributed by atoms with Crippen LogP contribution in [-0.4, -0.2) is 51.8 Å². The Hall–Kier alpha value is -1.20. The SMILES string of the molecule is OC1CC(c2cc(NCCC3CCN(C4CCCC4)CC3)ncn2)C1. The first-order valence-corrected chi connectivity index (χ1v) is 10.3. The van der Waals surface area contributed by atoms with Crippen LogP contribution in [0.5, 0.6) is 0 Å². The highest BCUT2D eigenvalue weighted by atomic mass is 16.3. The molecular weight excluding hydrogens is 312 g/mol. The lowest BCUT2D eigenvalue weighted by Crippen LogP contribution is -2.40. The van der Waals surface area contributed by atoms with Crippen molar-refractivity contribution in [3.63, 3.8) is 0 Å². The molecule has 1 aromatic rings. The van der Waals surface area contributed by atoms with Gasteiger partial charge in [-0.3, -0.25) is 0 Å². The molecule has 0 aromatic carbocycles. The second-order valence-electron chi connectivity index (χ2n) is 8.28. The van der Waals surface area contributed by atoms with Crippen molar-refractivity contribution >= 4 is 5.82 Å². The van der Waals surface area contributed by atoms with E-state index in [4.69, 9.17) is 0 Å². The maximum absolute atomic E-state index is 9.46. The van der Waals surface area contributed by atoms with Crippen LogP contribution in [0.3, 0.4) is 0 Å². The Labute approximate surface area is 151 Å². The first kappa shape index (κ1) is 17.2. The minimum atomic E-state index is -0.133. The van der Waals surface area contributed by atoms with E-state index in [1.807, 2.05) is 0 Å². The molecule has 0 spiro atoms. The van der Waals surface area contributed by atoms with E-state index >= 15 is 0 Å². The largest absolute Gasteiger partial charge is 0.393 e. The van der Waals surface area contributed by atoms with E-state index in [9.17, 15) is 5.11 Å². The van der Waals surface area contributed by atoms with Gasteiger partial charge >= 0.3 is 0 Å². The summed E-state index contributed by atoms with van der Waals surface area (Å²) in [5.41, 5.74) is 1.08. The molecule has 138 valence electrons. The first-order chi connectivity index (χ1) is 12.3. The van der Waals surface area contributed by atoms with Crippen molar-refractivity contribution in [2.24, 2.45) is 5.92 Å². The summed E-state index contributed by atoms with van der Waals surface area (Å²) in [4.78, 5) is 11.5.